The highest BCUT2D eigenvalue weighted by molar-refractivity contribution is 6.62. The molecule has 0 bridgehead atoms. The van der Waals surface area contributed by atoms with Gasteiger partial charge >= 0.3 is 5.37 Å². The lowest BCUT2D eigenvalue weighted by atomic mass is 10.5. The summed E-state index contributed by atoms with van der Waals surface area (Å²) in [5, 5.41) is -0.861. The van der Waals surface area contributed by atoms with E-state index in [1.165, 1.54) is 0 Å². The molecule has 1 aliphatic heterocycles. The topological polar surface area (TPSA) is 55.6 Å². The van der Waals surface area contributed by atoms with Gasteiger partial charge in [0.15, 0.2) is 0 Å². The first-order valence-electron chi connectivity index (χ1n) is 3.34. The molecule has 0 atom stereocenters. The summed E-state index contributed by atoms with van der Waals surface area (Å²) in [6.07, 6.45) is 0. The molecule has 0 aromatic carbocycles. The van der Waals surface area contributed by atoms with Crippen LogP contribution in [0.15, 0.2) is 0 Å². The van der Waals surface area contributed by atoms with Crippen LogP contribution in [0.5, 0.6) is 0 Å². The maximum Gasteiger partial charge on any atom is 0.311 e. The van der Waals surface area contributed by atoms with E-state index in [0.29, 0.717) is 0 Å². The average Bonchev–Trinajstić information content (AvgIpc) is 1.87. The van der Waals surface area contributed by atoms with Crippen molar-refractivity contribution in [1.29, 1.82) is 0 Å². The number of hydrogen-bond acceptors (Lipinski definition) is 3. The van der Waals surface area contributed by atoms with Gasteiger partial charge in [0.05, 0.1) is 13.2 Å². The number of nitrogens with zero attached hydrogens (tertiary/aromatic N) is 1. The van der Waals surface area contributed by atoms with Gasteiger partial charge in [-0.15, -0.1) is 0 Å². The van der Waals surface area contributed by atoms with Gasteiger partial charge in [-0.1, -0.05) is 0 Å². The van der Waals surface area contributed by atoms with Gasteiger partial charge in [0, 0.05) is 13.1 Å². The van der Waals surface area contributed by atoms with E-state index in [0.717, 1.165) is 26.3 Å². The van der Waals surface area contributed by atoms with Crippen LogP contribution >= 0.6 is 11.6 Å². The van der Waals surface area contributed by atoms with E-state index in [1.807, 2.05) is 0 Å². The molecule has 1 rings (SSSR count). The van der Waals surface area contributed by atoms with Crippen LogP contribution in [0.3, 0.4) is 0 Å². The second kappa shape index (κ2) is 6.39. The third kappa shape index (κ3) is 9.68. The first-order chi connectivity index (χ1) is 5.13. The van der Waals surface area contributed by atoms with Crippen LogP contribution in [0.4, 0.5) is 4.79 Å². The molecule has 11 heavy (non-hydrogen) atoms. The molecule has 2 N–H and O–H groups in total. The zero-order chi connectivity index (χ0) is 8.69. The Labute approximate surface area is 71.2 Å². The summed E-state index contributed by atoms with van der Waals surface area (Å²) < 4.78 is 5.10. The van der Waals surface area contributed by atoms with Crippen molar-refractivity contribution in [1.82, 2.24) is 4.90 Å². The summed E-state index contributed by atoms with van der Waals surface area (Å²) in [6, 6.07) is 0. The predicted octanol–water partition coefficient (Wildman–Crippen LogP) is 0.252. The van der Waals surface area contributed by atoms with Crippen molar-refractivity contribution in [2.75, 3.05) is 33.4 Å². The van der Waals surface area contributed by atoms with E-state index >= 15 is 0 Å². The SMILES string of the molecule is CN1CCOCC1.NC(=O)Cl. The number of hydrogen-bond donors (Lipinski definition) is 1. The van der Waals surface area contributed by atoms with Crippen molar-refractivity contribution in [3.8, 4) is 0 Å². The largest absolute Gasteiger partial charge is 0.379 e. The highest BCUT2D eigenvalue weighted by Gasteiger charge is 2.02. The van der Waals surface area contributed by atoms with Crippen molar-refractivity contribution in [3.63, 3.8) is 0 Å². The minimum atomic E-state index is -0.861. The van der Waals surface area contributed by atoms with Crippen LogP contribution in [0, 0.1) is 0 Å². The number of rotatable bonds is 0. The van der Waals surface area contributed by atoms with Crippen molar-refractivity contribution >= 4 is 17.0 Å². The number of nitrogens with two attached hydrogens (primary N) is 1. The Morgan fingerprint density at radius 3 is 2.09 bits per heavy atom. The zero-order valence-corrected chi connectivity index (χ0v) is 7.30. The summed E-state index contributed by atoms with van der Waals surface area (Å²) in [5.74, 6) is 0. The second-order valence-electron chi connectivity index (χ2n) is 2.22. The molecule has 4 nitrogen and oxygen atoms in total. The van der Waals surface area contributed by atoms with Gasteiger partial charge in [0.1, 0.15) is 0 Å². The van der Waals surface area contributed by atoms with Crippen LogP contribution < -0.4 is 5.73 Å². The summed E-state index contributed by atoms with van der Waals surface area (Å²) in [4.78, 5) is 11.3. The molecule has 0 unspecified atom stereocenters. The van der Waals surface area contributed by atoms with E-state index in [4.69, 9.17) is 9.53 Å². The third-order valence-corrected chi connectivity index (χ3v) is 1.23. The van der Waals surface area contributed by atoms with Gasteiger partial charge < -0.3 is 15.4 Å². The van der Waals surface area contributed by atoms with Gasteiger partial charge in [-0.25, -0.2) is 0 Å². The molecule has 1 amide bonds. The number of primary amides is 1. The monoisotopic (exact) mass is 180 g/mol. The molecule has 0 aromatic rings. The van der Waals surface area contributed by atoms with Gasteiger partial charge in [-0.2, -0.15) is 0 Å². The lowest BCUT2D eigenvalue weighted by Crippen LogP contribution is -2.32. The predicted molar refractivity (Wildman–Crippen MR) is 43.8 cm³/mol. The molecular weight excluding hydrogens is 168 g/mol. The van der Waals surface area contributed by atoms with Gasteiger partial charge in [-0.05, 0) is 18.6 Å². The van der Waals surface area contributed by atoms with Gasteiger partial charge in [0.25, 0.3) is 0 Å². The fourth-order valence-electron chi connectivity index (χ4n) is 0.655. The summed E-state index contributed by atoms with van der Waals surface area (Å²) in [6.45, 7) is 4.02. The fourth-order valence-corrected chi connectivity index (χ4v) is 0.655. The van der Waals surface area contributed by atoms with Crippen LogP contribution in [-0.4, -0.2) is 43.6 Å². The standard InChI is InChI=1S/C5H11NO.CH2ClNO/c1-6-2-4-7-5-3-6;2-1(3)4/h2-5H2,1H3;(H2,3,4). The Hall–Kier alpha value is -0.320. The molecule has 0 radical (unpaired) electrons. The second-order valence-corrected chi connectivity index (χ2v) is 2.59. The van der Waals surface area contributed by atoms with Crippen LogP contribution in [0.25, 0.3) is 0 Å². The van der Waals surface area contributed by atoms with Crippen LogP contribution in [0.2, 0.25) is 0 Å². The number of likely N-dealkylation sites (N-methyl/N-ethyl adjacent to an activating group) is 1. The number of carbonyl (C=O) groups is 1. The minimum Gasteiger partial charge on any atom is -0.379 e. The Morgan fingerprint density at radius 1 is 1.55 bits per heavy atom. The summed E-state index contributed by atoms with van der Waals surface area (Å²) >= 11 is 4.41. The number of ether oxygens (including phenoxy) is 1. The van der Waals surface area contributed by atoms with Crippen molar-refractivity contribution in [2.45, 2.75) is 0 Å². The molecule has 0 saturated carbocycles. The molecule has 1 aliphatic rings. The van der Waals surface area contributed by atoms with Crippen molar-refractivity contribution in [2.24, 2.45) is 5.73 Å². The smallest absolute Gasteiger partial charge is 0.311 e. The first-order valence-corrected chi connectivity index (χ1v) is 3.72. The molecular formula is C6H13ClN2O2. The molecule has 1 heterocycles. The molecule has 1 saturated heterocycles. The highest BCUT2D eigenvalue weighted by Crippen LogP contribution is 1.89. The Morgan fingerprint density at radius 2 is 1.91 bits per heavy atom. The lowest BCUT2D eigenvalue weighted by molar-refractivity contribution is 0.0503. The third-order valence-electron chi connectivity index (χ3n) is 1.23. The van der Waals surface area contributed by atoms with E-state index < -0.39 is 5.37 Å². The molecule has 66 valence electrons. The summed E-state index contributed by atoms with van der Waals surface area (Å²) in [7, 11) is 2.11. The Balaban J connectivity index is 0.000000218. The van der Waals surface area contributed by atoms with Crippen molar-refractivity contribution < 1.29 is 9.53 Å². The summed E-state index contributed by atoms with van der Waals surface area (Å²) in [5.41, 5.74) is 4.24. The minimum absolute atomic E-state index is 0.861. The first kappa shape index (κ1) is 10.7. The number of halogens is 1. The Bertz CT molecular complexity index is 111. The highest BCUT2D eigenvalue weighted by atomic mass is 35.5. The van der Waals surface area contributed by atoms with E-state index in [9.17, 15) is 0 Å². The maximum absolute atomic E-state index is 8.99. The Kier molecular flexibility index (Phi) is 6.21. The molecule has 0 spiro atoms. The van der Waals surface area contributed by atoms with Crippen LogP contribution in [0.1, 0.15) is 0 Å². The maximum atomic E-state index is 8.99. The quantitative estimate of drug-likeness (QED) is 0.430. The zero-order valence-electron chi connectivity index (χ0n) is 6.55. The molecule has 0 aliphatic carbocycles. The van der Waals surface area contributed by atoms with Gasteiger partial charge in [0.2, 0.25) is 0 Å². The van der Waals surface area contributed by atoms with E-state index in [-0.39, 0.29) is 0 Å². The average molecular weight is 181 g/mol. The van der Waals surface area contributed by atoms with E-state index in [2.05, 4.69) is 29.3 Å². The molecule has 1 fully saturated rings. The molecule has 0 aromatic heterocycles. The molecule has 5 heteroatoms. The lowest BCUT2D eigenvalue weighted by Gasteiger charge is -2.21. The van der Waals surface area contributed by atoms with Crippen LogP contribution in [-0.2, 0) is 4.74 Å². The van der Waals surface area contributed by atoms with Gasteiger partial charge in [-0.3, -0.25) is 4.79 Å². The number of morpholine rings is 1. The van der Waals surface area contributed by atoms with E-state index in [1.54, 1.807) is 0 Å². The fraction of sp³-hybridized carbons (Fsp3) is 0.833. The number of carbonyl (C=O) groups excluding carboxylic acids is 1. The normalized spacial score (nSPS) is 18.4. The number of amides is 1. The van der Waals surface area contributed by atoms with Crippen molar-refractivity contribution in [3.05, 3.63) is 0 Å².